The fourth-order valence-corrected chi connectivity index (χ4v) is 2.80. The number of pyridine rings is 1. The Bertz CT molecular complexity index is 451. The van der Waals surface area contributed by atoms with E-state index in [0.29, 0.717) is 17.7 Å². The third-order valence-electron chi connectivity index (χ3n) is 3.58. The van der Waals surface area contributed by atoms with E-state index < -0.39 is 6.09 Å². The predicted octanol–water partition coefficient (Wildman–Crippen LogP) is 1.68. The lowest BCUT2D eigenvalue weighted by Crippen LogP contribution is -2.62. The summed E-state index contributed by atoms with van der Waals surface area (Å²) in [6.07, 6.45) is 1.81. The molecule has 0 aliphatic carbocycles. The monoisotopic (exact) mass is 253 g/mol. The summed E-state index contributed by atoms with van der Waals surface area (Å²) in [5.41, 5.74) is 1.02. The third-order valence-corrected chi connectivity index (χ3v) is 3.81. The molecule has 0 saturated carbocycles. The number of fused-ring (bicyclic) bond motifs is 1. The fraction of sp³-hybridized carbons (Fsp3) is 0.455. The van der Waals surface area contributed by atoms with Gasteiger partial charge >= 0.3 is 6.09 Å². The molecule has 6 heteroatoms. The normalized spacial score (nSPS) is 26.6. The zero-order chi connectivity index (χ0) is 12.0. The fourth-order valence-electron chi connectivity index (χ4n) is 2.69. The first kappa shape index (κ1) is 10.7. The van der Waals surface area contributed by atoms with Crippen LogP contribution in [0.15, 0.2) is 18.3 Å². The first-order valence-electron chi connectivity index (χ1n) is 5.54. The van der Waals surface area contributed by atoms with Crippen molar-refractivity contribution in [2.45, 2.75) is 18.5 Å². The SMILES string of the molecule is O=C(O)N1CC[C@@H]2[C@H]1CN2c1ccc(Cl)nc1. The lowest BCUT2D eigenvalue weighted by molar-refractivity contribution is 0.129. The first-order chi connectivity index (χ1) is 8.16. The highest BCUT2D eigenvalue weighted by Crippen LogP contribution is 2.36. The van der Waals surface area contributed by atoms with Gasteiger partial charge in [0.2, 0.25) is 0 Å². The lowest BCUT2D eigenvalue weighted by Gasteiger charge is -2.47. The van der Waals surface area contributed by atoms with Gasteiger partial charge in [-0.1, -0.05) is 11.6 Å². The maximum atomic E-state index is 11.0. The molecule has 0 unspecified atom stereocenters. The summed E-state index contributed by atoms with van der Waals surface area (Å²) in [7, 11) is 0. The Morgan fingerprint density at radius 1 is 1.47 bits per heavy atom. The molecule has 3 rings (SSSR count). The summed E-state index contributed by atoms with van der Waals surface area (Å²) in [5, 5.41) is 9.48. The number of carboxylic acid groups (broad SMARTS) is 1. The second kappa shape index (κ2) is 3.77. The van der Waals surface area contributed by atoms with E-state index in [1.165, 1.54) is 4.90 Å². The number of aromatic nitrogens is 1. The van der Waals surface area contributed by atoms with Crippen LogP contribution < -0.4 is 4.90 Å². The molecule has 0 radical (unpaired) electrons. The van der Waals surface area contributed by atoms with Gasteiger partial charge in [-0.05, 0) is 18.6 Å². The second-order valence-electron chi connectivity index (χ2n) is 4.39. The molecule has 1 amide bonds. The highest BCUT2D eigenvalue weighted by atomic mass is 35.5. The average molecular weight is 254 g/mol. The Labute approximate surface area is 104 Å². The Hall–Kier alpha value is -1.49. The predicted molar refractivity (Wildman–Crippen MR) is 63.5 cm³/mol. The molecule has 17 heavy (non-hydrogen) atoms. The Morgan fingerprint density at radius 2 is 2.29 bits per heavy atom. The number of halogens is 1. The number of rotatable bonds is 1. The molecule has 2 atom stereocenters. The van der Waals surface area contributed by atoms with E-state index in [4.69, 9.17) is 16.7 Å². The van der Waals surface area contributed by atoms with Crippen molar-refractivity contribution in [2.24, 2.45) is 0 Å². The van der Waals surface area contributed by atoms with Crippen LogP contribution in [0.25, 0.3) is 0 Å². The number of anilines is 1. The summed E-state index contributed by atoms with van der Waals surface area (Å²) < 4.78 is 0. The van der Waals surface area contributed by atoms with Crippen molar-refractivity contribution in [2.75, 3.05) is 18.0 Å². The van der Waals surface area contributed by atoms with Crippen molar-refractivity contribution < 1.29 is 9.90 Å². The van der Waals surface area contributed by atoms with Crippen LogP contribution in [0.2, 0.25) is 5.15 Å². The van der Waals surface area contributed by atoms with Gasteiger partial charge in [-0.3, -0.25) is 0 Å². The minimum Gasteiger partial charge on any atom is -0.465 e. The minimum atomic E-state index is -0.814. The molecule has 90 valence electrons. The number of likely N-dealkylation sites (tertiary alicyclic amines) is 1. The number of hydrogen-bond acceptors (Lipinski definition) is 3. The zero-order valence-corrected chi connectivity index (χ0v) is 9.84. The van der Waals surface area contributed by atoms with Gasteiger partial charge in [-0.15, -0.1) is 0 Å². The summed E-state index contributed by atoms with van der Waals surface area (Å²) in [6, 6.07) is 4.13. The van der Waals surface area contributed by atoms with Crippen molar-refractivity contribution in [1.29, 1.82) is 0 Å². The van der Waals surface area contributed by atoms with E-state index in [1.54, 1.807) is 12.3 Å². The molecule has 5 nitrogen and oxygen atoms in total. The highest BCUT2D eigenvalue weighted by Gasteiger charge is 2.48. The molecule has 1 aromatic rings. The van der Waals surface area contributed by atoms with Crippen LogP contribution in [0.4, 0.5) is 10.5 Å². The maximum Gasteiger partial charge on any atom is 0.407 e. The molecule has 2 aliphatic rings. The van der Waals surface area contributed by atoms with Crippen LogP contribution in [0.5, 0.6) is 0 Å². The van der Waals surface area contributed by atoms with Crippen molar-refractivity contribution in [1.82, 2.24) is 9.88 Å². The van der Waals surface area contributed by atoms with Gasteiger partial charge in [0.15, 0.2) is 0 Å². The summed E-state index contributed by atoms with van der Waals surface area (Å²) in [6.45, 7) is 1.38. The van der Waals surface area contributed by atoms with E-state index in [2.05, 4.69) is 9.88 Å². The van der Waals surface area contributed by atoms with Crippen LogP contribution in [-0.4, -0.2) is 46.3 Å². The maximum absolute atomic E-state index is 11.0. The molecule has 0 bridgehead atoms. The largest absolute Gasteiger partial charge is 0.465 e. The topological polar surface area (TPSA) is 56.7 Å². The molecule has 2 saturated heterocycles. The highest BCUT2D eigenvalue weighted by molar-refractivity contribution is 6.29. The van der Waals surface area contributed by atoms with Crippen molar-refractivity contribution >= 4 is 23.4 Å². The van der Waals surface area contributed by atoms with Crippen LogP contribution in [0.1, 0.15) is 6.42 Å². The Morgan fingerprint density at radius 3 is 2.94 bits per heavy atom. The molecular formula is C11H12ClN3O2. The standard InChI is InChI=1S/C11H12ClN3O2/c12-10-2-1-7(5-13-10)15-6-9-8(15)3-4-14(9)11(16)17/h1-2,5,8-9H,3-4,6H2,(H,16,17)/t8-,9-/m1/s1. The third kappa shape index (κ3) is 1.61. The summed E-state index contributed by atoms with van der Waals surface area (Å²) in [5.74, 6) is 0. The van der Waals surface area contributed by atoms with E-state index >= 15 is 0 Å². The van der Waals surface area contributed by atoms with E-state index in [-0.39, 0.29) is 6.04 Å². The van der Waals surface area contributed by atoms with Crippen molar-refractivity contribution in [3.8, 4) is 0 Å². The van der Waals surface area contributed by atoms with E-state index in [9.17, 15) is 4.79 Å². The van der Waals surface area contributed by atoms with Gasteiger partial charge in [-0.2, -0.15) is 0 Å². The molecule has 2 aliphatic heterocycles. The van der Waals surface area contributed by atoms with Crippen molar-refractivity contribution in [3.05, 3.63) is 23.5 Å². The summed E-state index contributed by atoms with van der Waals surface area (Å²) in [4.78, 5) is 18.7. The van der Waals surface area contributed by atoms with Gasteiger partial charge in [0.25, 0.3) is 0 Å². The number of carbonyl (C=O) groups is 1. The molecule has 0 spiro atoms. The van der Waals surface area contributed by atoms with Crippen LogP contribution in [0, 0.1) is 0 Å². The van der Waals surface area contributed by atoms with Gasteiger partial charge < -0.3 is 14.9 Å². The molecule has 2 fully saturated rings. The molecule has 3 heterocycles. The number of nitrogens with zero attached hydrogens (tertiary/aromatic N) is 3. The van der Waals surface area contributed by atoms with Gasteiger partial charge in [0.05, 0.1) is 24.0 Å². The zero-order valence-electron chi connectivity index (χ0n) is 9.08. The molecule has 0 aromatic carbocycles. The quantitative estimate of drug-likeness (QED) is 0.774. The molecule has 1 N–H and O–H groups in total. The van der Waals surface area contributed by atoms with Gasteiger partial charge in [-0.25, -0.2) is 9.78 Å². The van der Waals surface area contributed by atoms with Gasteiger partial charge in [0.1, 0.15) is 5.15 Å². The van der Waals surface area contributed by atoms with Gasteiger partial charge in [0, 0.05) is 13.1 Å². The van der Waals surface area contributed by atoms with E-state index in [0.717, 1.165) is 18.7 Å². The first-order valence-corrected chi connectivity index (χ1v) is 5.92. The summed E-state index contributed by atoms with van der Waals surface area (Å²) >= 11 is 5.74. The van der Waals surface area contributed by atoms with Crippen LogP contribution >= 0.6 is 11.6 Å². The molecule has 1 aromatic heterocycles. The number of amides is 1. The van der Waals surface area contributed by atoms with Crippen LogP contribution in [-0.2, 0) is 0 Å². The Balaban J connectivity index is 1.74. The smallest absolute Gasteiger partial charge is 0.407 e. The van der Waals surface area contributed by atoms with E-state index in [1.807, 2.05) is 6.07 Å². The number of hydrogen-bond donors (Lipinski definition) is 1. The molecular weight excluding hydrogens is 242 g/mol. The minimum absolute atomic E-state index is 0.142. The Kier molecular flexibility index (Phi) is 2.36. The second-order valence-corrected chi connectivity index (χ2v) is 4.78. The van der Waals surface area contributed by atoms with Crippen molar-refractivity contribution in [3.63, 3.8) is 0 Å². The van der Waals surface area contributed by atoms with Crippen LogP contribution in [0.3, 0.4) is 0 Å². The average Bonchev–Trinajstić information content (AvgIpc) is 2.59. The lowest BCUT2D eigenvalue weighted by atomic mass is 9.96.